The Kier molecular flexibility index (Phi) is 3.01. The zero-order valence-corrected chi connectivity index (χ0v) is 10.3. The van der Waals surface area contributed by atoms with Gasteiger partial charge in [0.2, 0.25) is 0 Å². The van der Waals surface area contributed by atoms with Crippen LogP contribution >= 0.6 is 0 Å². The molecule has 2 atom stereocenters. The van der Waals surface area contributed by atoms with Crippen molar-refractivity contribution in [2.75, 3.05) is 0 Å². The molecule has 0 bridgehead atoms. The van der Waals surface area contributed by atoms with Crippen molar-refractivity contribution in [1.82, 2.24) is 4.98 Å². The lowest BCUT2D eigenvalue weighted by Gasteiger charge is -2.03. The monoisotopic (exact) mass is 239 g/mol. The number of aromatic nitrogens is 1. The van der Waals surface area contributed by atoms with Crippen molar-refractivity contribution in [3.8, 4) is 5.75 Å². The number of aryl methyl sites for hydroxylation is 1. The van der Waals surface area contributed by atoms with Gasteiger partial charge < -0.3 is 5.11 Å². The van der Waals surface area contributed by atoms with Gasteiger partial charge in [0.05, 0.1) is 5.69 Å². The summed E-state index contributed by atoms with van der Waals surface area (Å²) < 4.78 is 0. The van der Waals surface area contributed by atoms with Gasteiger partial charge in [-0.05, 0) is 48.8 Å². The molecule has 0 saturated heterocycles. The minimum absolute atomic E-state index is 0.328. The first-order valence-corrected chi connectivity index (χ1v) is 6.52. The fourth-order valence-corrected chi connectivity index (χ4v) is 2.62. The normalized spacial score (nSPS) is 21.8. The van der Waals surface area contributed by atoms with Gasteiger partial charge in [0.15, 0.2) is 0 Å². The summed E-state index contributed by atoms with van der Waals surface area (Å²) >= 11 is 0. The van der Waals surface area contributed by atoms with E-state index in [1.54, 1.807) is 18.3 Å². The summed E-state index contributed by atoms with van der Waals surface area (Å²) in [7, 11) is 0. The SMILES string of the molecule is Oc1cccnc1CC[C@H]1CC1c1ccccc1. The van der Waals surface area contributed by atoms with E-state index in [0.717, 1.165) is 30.4 Å². The van der Waals surface area contributed by atoms with Gasteiger partial charge in [0.1, 0.15) is 5.75 Å². The molecule has 0 aliphatic heterocycles. The van der Waals surface area contributed by atoms with Crippen LogP contribution in [0.1, 0.15) is 30.0 Å². The van der Waals surface area contributed by atoms with Crippen LogP contribution in [0.3, 0.4) is 0 Å². The smallest absolute Gasteiger partial charge is 0.137 e. The standard InChI is InChI=1S/C16H17NO/c18-16-7-4-10-17-15(16)9-8-13-11-14(13)12-5-2-1-3-6-12/h1-7,10,13-14,18H,8-9,11H2/t13-,14?/m0/s1. The predicted molar refractivity (Wildman–Crippen MR) is 71.5 cm³/mol. The maximum atomic E-state index is 9.66. The number of pyridine rings is 1. The van der Waals surface area contributed by atoms with Crippen molar-refractivity contribution in [1.29, 1.82) is 0 Å². The maximum absolute atomic E-state index is 9.66. The Morgan fingerprint density at radius 1 is 1.11 bits per heavy atom. The molecule has 1 heterocycles. The van der Waals surface area contributed by atoms with Crippen LogP contribution in [-0.4, -0.2) is 10.1 Å². The molecular formula is C16H17NO. The lowest BCUT2D eigenvalue weighted by molar-refractivity contribution is 0.461. The molecule has 0 amide bonds. The van der Waals surface area contributed by atoms with Gasteiger partial charge in [0, 0.05) is 6.20 Å². The Balaban J connectivity index is 1.56. The third kappa shape index (κ3) is 2.37. The second kappa shape index (κ2) is 4.81. The van der Waals surface area contributed by atoms with Gasteiger partial charge in [0.25, 0.3) is 0 Å². The van der Waals surface area contributed by atoms with Crippen molar-refractivity contribution in [3.05, 3.63) is 59.9 Å². The van der Waals surface area contributed by atoms with Gasteiger partial charge in [-0.1, -0.05) is 30.3 Å². The van der Waals surface area contributed by atoms with E-state index in [1.165, 1.54) is 12.0 Å². The van der Waals surface area contributed by atoms with Crippen molar-refractivity contribution < 1.29 is 5.11 Å². The average molecular weight is 239 g/mol. The van der Waals surface area contributed by atoms with Gasteiger partial charge in [-0.15, -0.1) is 0 Å². The number of benzene rings is 1. The predicted octanol–water partition coefficient (Wildman–Crippen LogP) is 3.52. The first kappa shape index (κ1) is 11.3. The Bertz CT molecular complexity index is 524. The molecule has 3 rings (SSSR count). The second-order valence-electron chi connectivity index (χ2n) is 5.02. The lowest BCUT2D eigenvalue weighted by atomic mass is 10.1. The van der Waals surface area contributed by atoms with E-state index >= 15 is 0 Å². The fraction of sp³-hybridized carbons (Fsp3) is 0.312. The quantitative estimate of drug-likeness (QED) is 0.885. The molecule has 1 unspecified atom stereocenters. The first-order valence-electron chi connectivity index (χ1n) is 6.52. The van der Waals surface area contributed by atoms with E-state index in [1.807, 2.05) is 0 Å². The van der Waals surface area contributed by atoms with E-state index in [0.29, 0.717) is 5.75 Å². The number of rotatable bonds is 4. The highest BCUT2D eigenvalue weighted by atomic mass is 16.3. The molecule has 1 aliphatic rings. The number of hydrogen-bond donors (Lipinski definition) is 1. The van der Waals surface area contributed by atoms with Crippen LogP contribution in [0.4, 0.5) is 0 Å². The van der Waals surface area contributed by atoms with Crippen molar-refractivity contribution in [3.63, 3.8) is 0 Å². The van der Waals surface area contributed by atoms with Crippen LogP contribution in [0.5, 0.6) is 5.75 Å². The summed E-state index contributed by atoms with van der Waals surface area (Å²) in [5.41, 5.74) is 2.28. The first-order chi connectivity index (χ1) is 8.84. The number of nitrogens with zero attached hydrogens (tertiary/aromatic N) is 1. The van der Waals surface area contributed by atoms with Crippen molar-refractivity contribution in [2.45, 2.75) is 25.2 Å². The highest BCUT2D eigenvalue weighted by Gasteiger charge is 2.37. The average Bonchev–Trinajstić information content (AvgIpc) is 3.18. The maximum Gasteiger partial charge on any atom is 0.137 e. The number of aromatic hydroxyl groups is 1. The zero-order chi connectivity index (χ0) is 12.4. The molecule has 1 aromatic carbocycles. The van der Waals surface area contributed by atoms with E-state index in [-0.39, 0.29) is 0 Å². The molecular weight excluding hydrogens is 222 g/mol. The van der Waals surface area contributed by atoms with Crippen LogP contribution in [0, 0.1) is 5.92 Å². The molecule has 0 radical (unpaired) electrons. The van der Waals surface area contributed by atoms with Crippen LogP contribution in [0.15, 0.2) is 48.7 Å². The minimum atomic E-state index is 0.328. The molecule has 1 aromatic heterocycles. The van der Waals surface area contributed by atoms with Gasteiger partial charge in [-0.2, -0.15) is 0 Å². The van der Waals surface area contributed by atoms with E-state index < -0.39 is 0 Å². The second-order valence-corrected chi connectivity index (χ2v) is 5.02. The van der Waals surface area contributed by atoms with E-state index in [9.17, 15) is 5.11 Å². The zero-order valence-electron chi connectivity index (χ0n) is 10.3. The highest BCUT2D eigenvalue weighted by Crippen LogP contribution is 2.49. The molecule has 2 heteroatoms. The van der Waals surface area contributed by atoms with Crippen LogP contribution in [-0.2, 0) is 6.42 Å². The highest BCUT2D eigenvalue weighted by molar-refractivity contribution is 5.27. The topological polar surface area (TPSA) is 33.1 Å². The molecule has 2 aromatic rings. The molecule has 1 fully saturated rings. The number of hydrogen-bond acceptors (Lipinski definition) is 2. The van der Waals surface area contributed by atoms with Gasteiger partial charge in [-0.25, -0.2) is 0 Å². The summed E-state index contributed by atoms with van der Waals surface area (Å²) in [6.07, 6.45) is 5.01. The van der Waals surface area contributed by atoms with Gasteiger partial charge in [-0.3, -0.25) is 4.98 Å². The Labute approximate surface area is 107 Å². The van der Waals surface area contributed by atoms with Crippen LogP contribution in [0.2, 0.25) is 0 Å². The van der Waals surface area contributed by atoms with Crippen molar-refractivity contribution >= 4 is 0 Å². The molecule has 92 valence electrons. The minimum Gasteiger partial charge on any atom is -0.506 e. The Hall–Kier alpha value is -1.83. The fourth-order valence-electron chi connectivity index (χ4n) is 2.62. The van der Waals surface area contributed by atoms with E-state index in [2.05, 4.69) is 35.3 Å². The van der Waals surface area contributed by atoms with Crippen LogP contribution < -0.4 is 0 Å². The summed E-state index contributed by atoms with van der Waals surface area (Å²) in [5.74, 6) is 1.81. The summed E-state index contributed by atoms with van der Waals surface area (Å²) in [5, 5.41) is 9.66. The molecule has 18 heavy (non-hydrogen) atoms. The molecule has 1 saturated carbocycles. The largest absolute Gasteiger partial charge is 0.506 e. The lowest BCUT2D eigenvalue weighted by Crippen LogP contribution is -1.92. The third-order valence-corrected chi connectivity index (χ3v) is 3.77. The summed E-state index contributed by atoms with van der Waals surface area (Å²) in [4.78, 5) is 4.23. The molecule has 1 aliphatic carbocycles. The molecule has 1 N–H and O–H groups in total. The third-order valence-electron chi connectivity index (χ3n) is 3.77. The van der Waals surface area contributed by atoms with Crippen LogP contribution in [0.25, 0.3) is 0 Å². The van der Waals surface area contributed by atoms with Gasteiger partial charge >= 0.3 is 0 Å². The van der Waals surface area contributed by atoms with Crippen molar-refractivity contribution in [2.24, 2.45) is 5.92 Å². The summed E-state index contributed by atoms with van der Waals surface area (Å²) in [6, 6.07) is 14.2. The van der Waals surface area contributed by atoms with E-state index in [4.69, 9.17) is 0 Å². The Morgan fingerprint density at radius 3 is 2.72 bits per heavy atom. The molecule has 0 spiro atoms. The Morgan fingerprint density at radius 2 is 1.94 bits per heavy atom. The molecule has 2 nitrogen and oxygen atoms in total. The summed E-state index contributed by atoms with van der Waals surface area (Å²) in [6.45, 7) is 0.